The summed E-state index contributed by atoms with van der Waals surface area (Å²) in [6.45, 7) is 3.35. The van der Waals surface area contributed by atoms with Crippen molar-refractivity contribution < 1.29 is 9.47 Å². The number of unbranched alkanes of at least 4 members (excludes halogenated alkanes) is 1. The van der Waals surface area contributed by atoms with E-state index in [2.05, 4.69) is 40.2 Å². The van der Waals surface area contributed by atoms with Crippen molar-refractivity contribution in [3.63, 3.8) is 0 Å². The van der Waals surface area contributed by atoms with Crippen LogP contribution in [-0.2, 0) is 6.54 Å². The number of hydrogen-bond acceptors (Lipinski definition) is 4. The topological polar surface area (TPSA) is 33.7 Å². The van der Waals surface area contributed by atoms with Gasteiger partial charge in [-0.2, -0.15) is 0 Å². The zero-order valence-electron chi connectivity index (χ0n) is 11.5. The van der Waals surface area contributed by atoms with Crippen molar-refractivity contribution in [2.75, 3.05) is 34.0 Å². The second-order valence-corrected chi connectivity index (χ2v) is 5.84. The van der Waals surface area contributed by atoms with Crippen molar-refractivity contribution in [2.45, 2.75) is 19.4 Å². The number of nitrogens with zero attached hydrogens (tertiary/aromatic N) is 1. The predicted molar refractivity (Wildman–Crippen MR) is 79.8 cm³/mol. The number of ether oxygens (including phenoxy) is 2. The van der Waals surface area contributed by atoms with Crippen LogP contribution in [0.2, 0.25) is 0 Å². The standard InChI is InChI=1S/C14H21BrN2O2/c1-17(2)6-4-3-5-16-9-11-7-13-14(8-12(11)15)19-10-18-13/h7-8,16H,3-6,9-10H2,1-2H3. The summed E-state index contributed by atoms with van der Waals surface area (Å²) in [6, 6.07) is 4.02. The van der Waals surface area contributed by atoms with Gasteiger partial charge in [0.05, 0.1) is 0 Å². The highest BCUT2D eigenvalue weighted by atomic mass is 79.9. The summed E-state index contributed by atoms with van der Waals surface area (Å²) >= 11 is 3.57. The van der Waals surface area contributed by atoms with Crippen molar-refractivity contribution in [3.8, 4) is 11.5 Å². The van der Waals surface area contributed by atoms with Gasteiger partial charge in [0.1, 0.15) is 0 Å². The van der Waals surface area contributed by atoms with E-state index < -0.39 is 0 Å². The molecule has 2 rings (SSSR count). The first-order valence-electron chi connectivity index (χ1n) is 6.60. The lowest BCUT2D eigenvalue weighted by atomic mass is 10.2. The molecule has 19 heavy (non-hydrogen) atoms. The van der Waals surface area contributed by atoms with Gasteiger partial charge in [-0.3, -0.25) is 0 Å². The lowest BCUT2D eigenvalue weighted by molar-refractivity contribution is 0.174. The summed E-state index contributed by atoms with van der Waals surface area (Å²) in [4.78, 5) is 2.22. The Morgan fingerprint density at radius 3 is 2.68 bits per heavy atom. The molecule has 0 radical (unpaired) electrons. The fraction of sp³-hybridized carbons (Fsp3) is 0.571. The van der Waals surface area contributed by atoms with Gasteiger partial charge in [-0.15, -0.1) is 0 Å². The molecule has 0 atom stereocenters. The number of rotatable bonds is 7. The minimum atomic E-state index is 0.323. The van der Waals surface area contributed by atoms with Gasteiger partial charge in [0.25, 0.3) is 0 Å². The predicted octanol–water partition coefficient (Wildman–Crippen LogP) is 2.61. The first-order valence-corrected chi connectivity index (χ1v) is 7.39. The van der Waals surface area contributed by atoms with E-state index in [1.807, 2.05) is 12.1 Å². The molecule has 0 fully saturated rings. The van der Waals surface area contributed by atoms with Gasteiger partial charge in [0, 0.05) is 11.0 Å². The molecule has 0 saturated carbocycles. The van der Waals surface area contributed by atoms with Crippen molar-refractivity contribution in [1.29, 1.82) is 0 Å². The molecule has 1 aromatic rings. The number of halogens is 1. The lowest BCUT2D eigenvalue weighted by Crippen LogP contribution is -2.18. The number of benzene rings is 1. The summed E-state index contributed by atoms with van der Waals surface area (Å²) in [5.41, 5.74) is 1.21. The van der Waals surface area contributed by atoms with E-state index in [0.717, 1.165) is 35.6 Å². The van der Waals surface area contributed by atoms with E-state index in [4.69, 9.17) is 9.47 Å². The van der Waals surface area contributed by atoms with Crippen LogP contribution in [0.5, 0.6) is 11.5 Å². The Balaban J connectivity index is 1.74. The maximum absolute atomic E-state index is 5.39. The summed E-state index contributed by atoms with van der Waals surface area (Å²) in [5, 5.41) is 3.46. The van der Waals surface area contributed by atoms with E-state index in [0.29, 0.717) is 6.79 Å². The highest BCUT2D eigenvalue weighted by molar-refractivity contribution is 9.10. The normalized spacial score (nSPS) is 13.3. The quantitative estimate of drug-likeness (QED) is 0.780. The first kappa shape index (κ1) is 14.6. The van der Waals surface area contributed by atoms with E-state index in [1.54, 1.807) is 0 Å². The molecule has 0 aliphatic carbocycles. The van der Waals surface area contributed by atoms with Crippen molar-refractivity contribution in [1.82, 2.24) is 10.2 Å². The van der Waals surface area contributed by atoms with Gasteiger partial charge in [-0.05, 0) is 57.7 Å². The van der Waals surface area contributed by atoms with Crippen molar-refractivity contribution in [2.24, 2.45) is 0 Å². The van der Waals surface area contributed by atoms with Crippen LogP contribution in [-0.4, -0.2) is 38.9 Å². The van der Waals surface area contributed by atoms with E-state index >= 15 is 0 Å². The van der Waals surface area contributed by atoms with Crippen molar-refractivity contribution in [3.05, 3.63) is 22.2 Å². The fourth-order valence-corrected chi connectivity index (χ4v) is 2.46. The maximum Gasteiger partial charge on any atom is 0.231 e. The Kier molecular flexibility index (Phi) is 5.48. The Bertz CT molecular complexity index is 424. The van der Waals surface area contributed by atoms with Crippen LogP contribution in [0.1, 0.15) is 18.4 Å². The lowest BCUT2D eigenvalue weighted by Gasteiger charge is -2.10. The number of hydrogen-bond donors (Lipinski definition) is 1. The summed E-state index contributed by atoms with van der Waals surface area (Å²) < 4.78 is 11.8. The molecule has 0 amide bonds. The van der Waals surface area contributed by atoms with Gasteiger partial charge < -0.3 is 19.7 Å². The molecular weight excluding hydrogens is 308 g/mol. The number of fused-ring (bicyclic) bond motifs is 1. The van der Waals surface area contributed by atoms with Gasteiger partial charge in [-0.25, -0.2) is 0 Å². The molecule has 0 bridgehead atoms. The van der Waals surface area contributed by atoms with E-state index in [-0.39, 0.29) is 0 Å². The second-order valence-electron chi connectivity index (χ2n) is 4.98. The smallest absolute Gasteiger partial charge is 0.231 e. The van der Waals surface area contributed by atoms with Crippen LogP contribution in [0.25, 0.3) is 0 Å². The van der Waals surface area contributed by atoms with Gasteiger partial charge in [0.15, 0.2) is 11.5 Å². The van der Waals surface area contributed by atoms with Gasteiger partial charge in [0.2, 0.25) is 6.79 Å². The molecular formula is C14H21BrN2O2. The average Bonchev–Trinajstić information content (AvgIpc) is 2.80. The molecule has 0 aromatic heterocycles. The third-order valence-electron chi connectivity index (χ3n) is 3.07. The molecule has 4 nitrogen and oxygen atoms in total. The SMILES string of the molecule is CN(C)CCCCNCc1cc2c(cc1Br)OCO2. The van der Waals surface area contributed by atoms with Crippen LogP contribution in [0.3, 0.4) is 0 Å². The van der Waals surface area contributed by atoms with E-state index in [1.165, 1.54) is 18.4 Å². The van der Waals surface area contributed by atoms with Crippen LogP contribution < -0.4 is 14.8 Å². The van der Waals surface area contributed by atoms with Crippen LogP contribution in [0, 0.1) is 0 Å². The minimum absolute atomic E-state index is 0.323. The van der Waals surface area contributed by atoms with Crippen LogP contribution in [0.15, 0.2) is 16.6 Å². The molecule has 1 aromatic carbocycles. The van der Waals surface area contributed by atoms with Crippen LogP contribution in [0.4, 0.5) is 0 Å². The molecule has 0 unspecified atom stereocenters. The summed E-state index contributed by atoms with van der Waals surface area (Å²) in [7, 11) is 4.22. The Morgan fingerprint density at radius 1 is 1.21 bits per heavy atom. The van der Waals surface area contributed by atoms with Crippen molar-refractivity contribution >= 4 is 15.9 Å². The molecule has 1 N–H and O–H groups in total. The molecule has 0 spiro atoms. The maximum atomic E-state index is 5.39. The van der Waals surface area contributed by atoms with Crippen LogP contribution >= 0.6 is 15.9 Å². The highest BCUT2D eigenvalue weighted by Gasteiger charge is 2.15. The van der Waals surface area contributed by atoms with Gasteiger partial charge in [-0.1, -0.05) is 15.9 Å². The summed E-state index contributed by atoms with van der Waals surface area (Å²) in [6.07, 6.45) is 2.42. The third-order valence-corrected chi connectivity index (χ3v) is 3.80. The molecule has 106 valence electrons. The zero-order chi connectivity index (χ0) is 13.7. The average molecular weight is 329 g/mol. The molecule has 1 aliphatic heterocycles. The number of nitrogens with one attached hydrogen (secondary N) is 1. The monoisotopic (exact) mass is 328 g/mol. The van der Waals surface area contributed by atoms with Gasteiger partial charge >= 0.3 is 0 Å². The molecule has 1 aliphatic rings. The Hall–Kier alpha value is -0.780. The fourth-order valence-electron chi connectivity index (χ4n) is 2.00. The Morgan fingerprint density at radius 2 is 1.95 bits per heavy atom. The van der Waals surface area contributed by atoms with E-state index in [9.17, 15) is 0 Å². The Labute approximate surface area is 123 Å². The first-order chi connectivity index (χ1) is 9.16. The molecule has 0 saturated heterocycles. The zero-order valence-corrected chi connectivity index (χ0v) is 13.1. The summed E-state index contributed by atoms with van der Waals surface area (Å²) in [5.74, 6) is 1.66. The molecule has 5 heteroatoms. The highest BCUT2D eigenvalue weighted by Crippen LogP contribution is 2.36. The largest absolute Gasteiger partial charge is 0.454 e. The third kappa shape index (κ3) is 4.37. The molecule has 1 heterocycles. The minimum Gasteiger partial charge on any atom is -0.454 e. The second kappa shape index (κ2) is 7.12.